The number of hydrogen-bond acceptors (Lipinski definition) is 2. The van der Waals surface area contributed by atoms with E-state index >= 15 is 0 Å². The molecule has 1 aromatic carbocycles. The largest absolute Gasteiger partial charge is 0.463 e. The summed E-state index contributed by atoms with van der Waals surface area (Å²) in [5, 5.41) is 10.9. The summed E-state index contributed by atoms with van der Waals surface area (Å²) in [5.41, 5.74) is -0.124. The van der Waals surface area contributed by atoms with E-state index in [1.54, 1.807) is 0 Å². The van der Waals surface area contributed by atoms with Gasteiger partial charge in [-0.2, -0.15) is 0 Å². The number of rotatable bonds is 4. The van der Waals surface area contributed by atoms with Crippen LogP contribution in [0.25, 0.3) is 0 Å². The molecule has 0 aliphatic rings. The second-order valence-corrected chi connectivity index (χ2v) is 4.39. The van der Waals surface area contributed by atoms with Gasteiger partial charge in [-0.05, 0) is 31.0 Å². The summed E-state index contributed by atoms with van der Waals surface area (Å²) in [5.74, 6) is 1.45. The minimum absolute atomic E-state index is 0.628. The fourth-order valence-electron chi connectivity index (χ4n) is 2.14. The minimum Gasteiger partial charge on any atom is -0.463 e. The van der Waals surface area contributed by atoms with Gasteiger partial charge in [-0.3, -0.25) is 0 Å². The summed E-state index contributed by atoms with van der Waals surface area (Å²) in [4.78, 5) is 0. The van der Waals surface area contributed by atoms with E-state index in [0.717, 1.165) is 17.7 Å². The maximum atomic E-state index is 10.9. The molecule has 2 heteroatoms. The Balaban J connectivity index is 2.46. The van der Waals surface area contributed by atoms with Crippen LogP contribution in [0, 0.1) is 6.92 Å². The first kappa shape index (κ1) is 11.9. The Hall–Kier alpha value is -1.54. The highest BCUT2D eigenvalue weighted by atomic mass is 16.4. The van der Waals surface area contributed by atoms with E-state index in [4.69, 9.17) is 4.42 Å². The molecule has 2 rings (SSSR count). The number of benzene rings is 1. The SMILES string of the molecule is CCCC(O)(c1ccccc1)c1ccc(C)o1. The highest BCUT2D eigenvalue weighted by Gasteiger charge is 2.33. The van der Waals surface area contributed by atoms with E-state index in [1.807, 2.05) is 49.4 Å². The van der Waals surface area contributed by atoms with Crippen molar-refractivity contribution < 1.29 is 9.52 Å². The Bertz CT molecular complexity index is 473. The van der Waals surface area contributed by atoms with Crippen molar-refractivity contribution in [2.24, 2.45) is 0 Å². The van der Waals surface area contributed by atoms with Gasteiger partial charge < -0.3 is 9.52 Å². The monoisotopic (exact) mass is 230 g/mol. The Morgan fingerprint density at radius 3 is 2.35 bits per heavy atom. The molecule has 0 fully saturated rings. The third-order valence-corrected chi connectivity index (χ3v) is 3.01. The normalized spacial score (nSPS) is 14.5. The number of hydrogen-bond donors (Lipinski definition) is 1. The van der Waals surface area contributed by atoms with Crippen molar-refractivity contribution >= 4 is 0 Å². The number of furan rings is 1. The van der Waals surface area contributed by atoms with E-state index in [-0.39, 0.29) is 0 Å². The molecule has 90 valence electrons. The zero-order chi connectivity index (χ0) is 12.3. The van der Waals surface area contributed by atoms with Crippen LogP contribution in [0.5, 0.6) is 0 Å². The van der Waals surface area contributed by atoms with Crippen LogP contribution in [0.1, 0.15) is 36.8 Å². The standard InChI is InChI=1S/C15H18O2/c1-3-11-15(16,13-7-5-4-6-8-13)14-10-9-12(2)17-14/h4-10,16H,3,11H2,1-2H3. The molecule has 2 nitrogen and oxygen atoms in total. The number of aliphatic hydroxyl groups is 1. The fraction of sp³-hybridized carbons (Fsp3) is 0.333. The summed E-state index contributed by atoms with van der Waals surface area (Å²) >= 11 is 0. The summed E-state index contributed by atoms with van der Waals surface area (Å²) < 4.78 is 5.61. The van der Waals surface area contributed by atoms with Crippen LogP contribution in [0.4, 0.5) is 0 Å². The molecule has 1 atom stereocenters. The van der Waals surface area contributed by atoms with Crippen LogP contribution in [-0.4, -0.2) is 5.11 Å². The summed E-state index contributed by atoms with van der Waals surface area (Å²) in [6, 6.07) is 13.4. The van der Waals surface area contributed by atoms with Crippen molar-refractivity contribution in [2.45, 2.75) is 32.3 Å². The lowest BCUT2D eigenvalue weighted by Crippen LogP contribution is -2.26. The molecule has 0 radical (unpaired) electrons. The van der Waals surface area contributed by atoms with E-state index in [2.05, 4.69) is 6.92 Å². The molecule has 1 heterocycles. The van der Waals surface area contributed by atoms with Gasteiger partial charge in [-0.25, -0.2) is 0 Å². The molecule has 0 saturated carbocycles. The maximum Gasteiger partial charge on any atom is 0.147 e. The first-order valence-corrected chi connectivity index (χ1v) is 6.01. The Labute approximate surface area is 102 Å². The van der Waals surface area contributed by atoms with Gasteiger partial charge in [0.1, 0.15) is 17.1 Å². The molecule has 17 heavy (non-hydrogen) atoms. The molecule has 0 saturated heterocycles. The first-order valence-electron chi connectivity index (χ1n) is 6.01. The van der Waals surface area contributed by atoms with Gasteiger partial charge in [0.05, 0.1) is 0 Å². The highest BCUT2D eigenvalue weighted by molar-refractivity contribution is 5.31. The van der Waals surface area contributed by atoms with Crippen molar-refractivity contribution in [1.82, 2.24) is 0 Å². The molecule has 1 aromatic heterocycles. The van der Waals surface area contributed by atoms with Crippen LogP contribution < -0.4 is 0 Å². The van der Waals surface area contributed by atoms with Crippen LogP contribution in [0.15, 0.2) is 46.9 Å². The van der Waals surface area contributed by atoms with Gasteiger partial charge in [-0.15, -0.1) is 0 Å². The molecular weight excluding hydrogens is 212 g/mol. The molecule has 0 aliphatic heterocycles. The van der Waals surface area contributed by atoms with Crippen molar-refractivity contribution in [2.75, 3.05) is 0 Å². The smallest absolute Gasteiger partial charge is 0.147 e. The van der Waals surface area contributed by atoms with E-state index in [0.29, 0.717) is 12.2 Å². The van der Waals surface area contributed by atoms with Crippen molar-refractivity contribution in [3.8, 4) is 0 Å². The van der Waals surface area contributed by atoms with Crippen molar-refractivity contribution in [3.63, 3.8) is 0 Å². The zero-order valence-corrected chi connectivity index (χ0v) is 10.3. The highest BCUT2D eigenvalue weighted by Crippen LogP contribution is 2.34. The first-order chi connectivity index (χ1) is 8.16. The lowest BCUT2D eigenvalue weighted by atomic mass is 9.87. The molecule has 0 amide bonds. The zero-order valence-electron chi connectivity index (χ0n) is 10.3. The van der Waals surface area contributed by atoms with Crippen LogP contribution in [-0.2, 0) is 5.60 Å². The van der Waals surface area contributed by atoms with Crippen molar-refractivity contribution in [3.05, 3.63) is 59.5 Å². The summed E-state index contributed by atoms with van der Waals surface area (Å²) in [6.07, 6.45) is 1.55. The average molecular weight is 230 g/mol. The van der Waals surface area contributed by atoms with Crippen molar-refractivity contribution in [1.29, 1.82) is 0 Å². The Morgan fingerprint density at radius 2 is 1.82 bits per heavy atom. The molecule has 0 aliphatic carbocycles. The quantitative estimate of drug-likeness (QED) is 0.870. The van der Waals surface area contributed by atoms with E-state index < -0.39 is 5.60 Å². The second kappa shape index (κ2) is 4.76. The lowest BCUT2D eigenvalue weighted by Gasteiger charge is -2.26. The molecule has 2 aromatic rings. The maximum absolute atomic E-state index is 10.9. The van der Waals surface area contributed by atoms with Crippen LogP contribution in [0.2, 0.25) is 0 Å². The average Bonchev–Trinajstić information content (AvgIpc) is 2.78. The molecule has 0 spiro atoms. The third kappa shape index (κ3) is 2.27. The summed E-state index contributed by atoms with van der Waals surface area (Å²) in [6.45, 7) is 3.95. The Morgan fingerprint density at radius 1 is 1.12 bits per heavy atom. The van der Waals surface area contributed by atoms with E-state index in [1.165, 1.54) is 0 Å². The van der Waals surface area contributed by atoms with Crippen LogP contribution in [0.3, 0.4) is 0 Å². The minimum atomic E-state index is -1.01. The molecule has 1 N–H and O–H groups in total. The van der Waals surface area contributed by atoms with Crippen LogP contribution >= 0.6 is 0 Å². The van der Waals surface area contributed by atoms with Gasteiger partial charge >= 0.3 is 0 Å². The third-order valence-electron chi connectivity index (χ3n) is 3.01. The molecule has 0 bridgehead atoms. The molecule has 1 unspecified atom stereocenters. The summed E-state index contributed by atoms with van der Waals surface area (Å²) in [7, 11) is 0. The second-order valence-electron chi connectivity index (χ2n) is 4.39. The van der Waals surface area contributed by atoms with E-state index in [9.17, 15) is 5.11 Å². The van der Waals surface area contributed by atoms with Gasteiger partial charge in [0.15, 0.2) is 0 Å². The van der Waals surface area contributed by atoms with Gasteiger partial charge in [-0.1, -0.05) is 43.7 Å². The van der Waals surface area contributed by atoms with Gasteiger partial charge in [0.2, 0.25) is 0 Å². The predicted octanol–water partition coefficient (Wildman–Crippen LogP) is 3.62. The number of aryl methyl sites for hydroxylation is 1. The molecular formula is C15H18O2. The van der Waals surface area contributed by atoms with Gasteiger partial charge in [0, 0.05) is 0 Å². The topological polar surface area (TPSA) is 33.4 Å². The fourth-order valence-corrected chi connectivity index (χ4v) is 2.14. The lowest BCUT2D eigenvalue weighted by molar-refractivity contribution is 0.0461. The van der Waals surface area contributed by atoms with Gasteiger partial charge in [0.25, 0.3) is 0 Å². The Kier molecular flexibility index (Phi) is 3.34. The predicted molar refractivity (Wildman–Crippen MR) is 67.8 cm³/mol.